The standard InChI is InChI=1S/C14H17N5OS/c1-14(2,3)12-16-17-13-19(12)18-11(21-13)9-6-5-8(15)7-10(9)20-4/h5-7H,15H2,1-4H3. The second-order valence-corrected chi connectivity index (χ2v) is 6.79. The molecule has 0 saturated heterocycles. The van der Waals surface area contributed by atoms with Crippen molar-refractivity contribution >= 4 is 22.0 Å². The topological polar surface area (TPSA) is 78.3 Å². The molecular formula is C14H17N5OS. The van der Waals surface area contributed by atoms with Crippen molar-refractivity contribution in [1.82, 2.24) is 19.8 Å². The lowest BCUT2D eigenvalue weighted by atomic mass is 9.96. The minimum Gasteiger partial charge on any atom is -0.496 e. The van der Waals surface area contributed by atoms with Crippen molar-refractivity contribution < 1.29 is 4.74 Å². The molecule has 3 aromatic rings. The second kappa shape index (κ2) is 4.70. The Hall–Kier alpha value is -2.15. The van der Waals surface area contributed by atoms with E-state index < -0.39 is 0 Å². The Balaban J connectivity index is 2.16. The van der Waals surface area contributed by atoms with Gasteiger partial charge >= 0.3 is 0 Å². The van der Waals surface area contributed by atoms with Crippen LogP contribution >= 0.6 is 11.3 Å². The van der Waals surface area contributed by atoms with Crippen LogP contribution in [-0.2, 0) is 5.41 Å². The van der Waals surface area contributed by atoms with Crippen LogP contribution in [0.25, 0.3) is 15.5 Å². The van der Waals surface area contributed by atoms with E-state index in [2.05, 4.69) is 36.1 Å². The molecule has 0 bridgehead atoms. The SMILES string of the molecule is COc1cc(N)ccc1-c1nn2c(C(C)(C)C)nnc2s1. The predicted molar refractivity (Wildman–Crippen MR) is 83.8 cm³/mol. The van der Waals surface area contributed by atoms with E-state index in [1.54, 1.807) is 17.7 Å². The molecule has 0 saturated carbocycles. The number of hydrogen-bond donors (Lipinski definition) is 1. The fourth-order valence-electron chi connectivity index (χ4n) is 2.08. The van der Waals surface area contributed by atoms with Gasteiger partial charge in [-0.2, -0.15) is 9.61 Å². The molecule has 110 valence electrons. The van der Waals surface area contributed by atoms with Crippen LogP contribution in [0.1, 0.15) is 26.6 Å². The average molecular weight is 303 g/mol. The molecule has 7 heteroatoms. The van der Waals surface area contributed by atoms with E-state index in [0.717, 1.165) is 21.4 Å². The predicted octanol–water partition coefficient (Wildman–Crippen LogP) is 2.74. The monoisotopic (exact) mass is 303 g/mol. The first kappa shape index (κ1) is 13.8. The number of hydrogen-bond acceptors (Lipinski definition) is 6. The number of nitrogens with zero attached hydrogens (tertiary/aromatic N) is 4. The highest BCUT2D eigenvalue weighted by atomic mass is 32.1. The highest BCUT2D eigenvalue weighted by Crippen LogP contribution is 2.35. The number of nitrogens with two attached hydrogens (primary N) is 1. The number of fused-ring (bicyclic) bond motifs is 1. The van der Waals surface area contributed by atoms with Crippen molar-refractivity contribution in [1.29, 1.82) is 0 Å². The summed E-state index contributed by atoms with van der Waals surface area (Å²) in [5.41, 5.74) is 7.24. The van der Waals surface area contributed by atoms with E-state index in [1.807, 2.05) is 12.1 Å². The molecule has 0 fully saturated rings. The highest BCUT2D eigenvalue weighted by molar-refractivity contribution is 7.19. The molecule has 0 aliphatic carbocycles. The van der Waals surface area contributed by atoms with E-state index >= 15 is 0 Å². The fourth-order valence-corrected chi connectivity index (χ4v) is 2.95. The summed E-state index contributed by atoms with van der Waals surface area (Å²) in [5.74, 6) is 1.55. The lowest BCUT2D eigenvalue weighted by Crippen LogP contribution is -2.16. The minimum atomic E-state index is -0.115. The number of benzene rings is 1. The summed E-state index contributed by atoms with van der Waals surface area (Å²) in [6.07, 6.45) is 0. The van der Waals surface area contributed by atoms with Crippen LogP contribution in [0.3, 0.4) is 0 Å². The molecule has 1 aromatic carbocycles. The third-order valence-corrected chi connectivity index (χ3v) is 4.05. The van der Waals surface area contributed by atoms with Gasteiger partial charge in [0.25, 0.3) is 0 Å². The van der Waals surface area contributed by atoms with Gasteiger partial charge in [-0.3, -0.25) is 0 Å². The van der Waals surface area contributed by atoms with Gasteiger partial charge < -0.3 is 10.5 Å². The molecule has 0 spiro atoms. The van der Waals surface area contributed by atoms with Gasteiger partial charge in [0.05, 0.1) is 12.7 Å². The van der Waals surface area contributed by atoms with Crippen molar-refractivity contribution in [2.45, 2.75) is 26.2 Å². The van der Waals surface area contributed by atoms with E-state index in [0.29, 0.717) is 11.4 Å². The molecule has 0 aliphatic heterocycles. The maximum Gasteiger partial charge on any atom is 0.235 e. The summed E-state index contributed by atoms with van der Waals surface area (Å²) >= 11 is 1.48. The van der Waals surface area contributed by atoms with Crippen LogP contribution in [0.4, 0.5) is 5.69 Å². The normalized spacial score (nSPS) is 12.0. The zero-order valence-corrected chi connectivity index (χ0v) is 13.2. The van der Waals surface area contributed by atoms with E-state index in [4.69, 9.17) is 10.5 Å². The molecule has 2 aromatic heterocycles. The summed E-state index contributed by atoms with van der Waals surface area (Å²) in [7, 11) is 1.62. The largest absolute Gasteiger partial charge is 0.496 e. The lowest BCUT2D eigenvalue weighted by molar-refractivity contribution is 0.416. The third kappa shape index (κ3) is 2.33. The van der Waals surface area contributed by atoms with Crippen LogP contribution in [0.15, 0.2) is 18.2 Å². The summed E-state index contributed by atoms with van der Waals surface area (Å²) in [6, 6.07) is 5.55. The Bertz CT molecular complexity index is 799. The molecular weight excluding hydrogens is 286 g/mol. The van der Waals surface area contributed by atoms with Gasteiger partial charge in [-0.05, 0) is 12.1 Å². The number of rotatable bonds is 2. The maximum atomic E-state index is 5.79. The van der Waals surface area contributed by atoms with Crippen LogP contribution in [-0.4, -0.2) is 26.9 Å². The summed E-state index contributed by atoms with van der Waals surface area (Å²) in [4.78, 5) is 0.772. The first-order valence-electron chi connectivity index (χ1n) is 6.57. The molecule has 0 amide bonds. The van der Waals surface area contributed by atoms with Crippen molar-refractivity contribution in [3.63, 3.8) is 0 Å². The van der Waals surface area contributed by atoms with Gasteiger partial charge in [-0.1, -0.05) is 32.1 Å². The van der Waals surface area contributed by atoms with Crippen LogP contribution < -0.4 is 10.5 Å². The van der Waals surface area contributed by atoms with Crippen LogP contribution in [0, 0.1) is 0 Å². The Morgan fingerprint density at radius 1 is 1.24 bits per heavy atom. The van der Waals surface area contributed by atoms with Crippen molar-refractivity contribution in [3.05, 3.63) is 24.0 Å². The van der Waals surface area contributed by atoms with Gasteiger partial charge in [0, 0.05) is 17.2 Å². The molecule has 0 radical (unpaired) electrons. The Morgan fingerprint density at radius 2 is 2.00 bits per heavy atom. The van der Waals surface area contributed by atoms with Gasteiger partial charge in [0.1, 0.15) is 5.75 Å². The van der Waals surface area contributed by atoms with Gasteiger partial charge in [-0.15, -0.1) is 10.2 Å². The van der Waals surface area contributed by atoms with Crippen molar-refractivity contribution in [3.8, 4) is 16.3 Å². The summed E-state index contributed by atoms with van der Waals surface area (Å²) < 4.78 is 7.19. The van der Waals surface area contributed by atoms with Crippen LogP contribution in [0.2, 0.25) is 0 Å². The molecule has 0 unspecified atom stereocenters. The Labute approximate surface area is 126 Å². The first-order valence-corrected chi connectivity index (χ1v) is 7.38. The Morgan fingerprint density at radius 3 is 2.67 bits per heavy atom. The van der Waals surface area contributed by atoms with E-state index in [9.17, 15) is 0 Å². The molecule has 21 heavy (non-hydrogen) atoms. The smallest absolute Gasteiger partial charge is 0.235 e. The minimum absolute atomic E-state index is 0.115. The van der Waals surface area contributed by atoms with Crippen molar-refractivity contribution in [2.24, 2.45) is 0 Å². The average Bonchev–Trinajstić information content (AvgIpc) is 2.96. The fraction of sp³-hybridized carbons (Fsp3) is 0.357. The zero-order valence-electron chi connectivity index (χ0n) is 12.4. The van der Waals surface area contributed by atoms with Crippen LogP contribution in [0.5, 0.6) is 5.75 Å². The molecule has 3 rings (SSSR count). The third-order valence-electron chi connectivity index (χ3n) is 3.12. The van der Waals surface area contributed by atoms with Gasteiger partial charge in [0.15, 0.2) is 10.8 Å². The molecule has 6 nitrogen and oxygen atoms in total. The van der Waals surface area contributed by atoms with Gasteiger partial charge in [0.2, 0.25) is 4.96 Å². The summed E-state index contributed by atoms with van der Waals surface area (Å²) in [5, 5.41) is 13.9. The number of methoxy groups -OCH3 is 1. The highest BCUT2D eigenvalue weighted by Gasteiger charge is 2.24. The Kier molecular flexibility index (Phi) is 3.09. The number of nitrogen functional groups attached to an aromatic ring is 1. The molecule has 0 atom stereocenters. The van der Waals surface area contributed by atoms with Gasteiger partial charge in [-0.25, -0.2) is 0 Å². The molecule has 2 N–H and O–H groups in total. The second-order valence-electron chi connectivity index (χ2n) is 5.83. The first-order chi connectivity index (χ1) is 9.90. The maximum absolute atomic E-state index is 5.79. The zero-order chi connectivity index (χ0) is 15.2. The lowest BCUT2D eigenvalue weighted by Gasteiger charge is -2.13. The molecule has 0 aliphatic rings. The quantitative estimate of drug-likeness (QED) is 0.736. The van der Waals surface area contributed by atoms with E-state index in [1.165, 1.54) is 11.3 Å². The number of ether oxygens (including phenoxy) is 1. The number of anilines is 1. The van der Waals surface area contributed by atoms with Crippen molar-refractivity contribution in [2.75, 3.05) is 12.8 Å². The molecule has 2 heterocycles. The van der Waals surface area contributed by atoms with E-state index in [-0.39, 0.29) is 5.41 Å². The number of aromatic nitrogens is 4. The summed E-state index contributed by atoms with van der Waals surface area (Å²) in [6.45, 7) is 6.27.